The quantitative estimate of drug-likeness (QED) is 0.677. The molecule has 1 amide bonds. The third kappa shape index (κ3) is 4.85. The van der Waals surface area contributed by atoms with Crippen LogP contribution in [0, 0.1) is 11.3 Å². The molecule has 3 aliphatic rings. The lowest BCUT2D eigenvalue weighted by Crippen LogP contribution is -2.50. The van der Waals surface area contributed by atoms with Crippen molar-refractivity contribution in [2.75, 3.05) is 38.0 Å². The molecule has 2 aromatic rings. The number of rotatable bonds is 5. The second kappa shape index (κ2) is 9.49. The van der Waals surface area contributed by atoms with Crippen LogP contribution in [-0.2, 0) is 14.8 Å². The van der Waals surface area contributed by atoms with E-state index in [1.165, 1.54) is 22.9 Å². The highest BCUT2D eigenvalue weighted by atomic mass is 32.2. The van der Waals surface area contributed by atoms with Gasteiger partial charge in [-0.3, -0.25) is 9.69 Å². The first-order valence-corrected chi connectivity index (χ1v) is 13.4. The van der Waals surface area contributed by atoms with Gasteiger partial charge in [-0.2, -0.15) is 9.57 Å². The molecule has 10 heteroatoms. The maximum Gasteiger partial charge on any atom is 0.251 e. The Balaban J connectivity index is 1.15. The van der Waals surface area contributed by atoms with E-state index in [4.69, 9.17) is 9.47 Å². The Kier molecular flexibility index (Phi) is 6.40. The first kappa shape index (κ1) is 23.6. The molecule has 0 radical (unpaired) electrons. The van der Waals surface area contributed by atoms with Crippen molar-refractivity contribution in [2.45, 2.75) is 42.8 Å². The number of hydrogen-bond donors (Lipinski definition) is 1. The van der Waals surface area contributed by atoms with Crippen molar-refractivity contribution in [1.82, 2.24) is 9.21 Å². The van der Waals surface area contributed by atoms with Crippen molar-refractivity contribution in [2.24, 2.45) is 0 Å². The Hall–Kier alpha value is -3.13. The molecule has 1 spiro atoms. The predicted molar refractivity (Wildman–Crippen MR) is 128 cm³/mol. The van der Waals surface area contributed by atoms with Crippen LogP contribution in [0.1, 0.15) is 37.7 Å². The topological polar surface area (TPSA) is 112 Å². The fraction of sp³-hybridized carbons (Fsp3) is 0.440. The number of nitrogens with one attached hydrogen (secondary N) is 1. The van der Waals surface area contributed by atoms with E-state index in [0.29, 0.717) is 30.3 Å². The number of amides is 1. The van der Waals surface area contributed by atoms with E-state index in [0.717, 1.165) is 25.7 Å². The van der Waals surface area contributed by atoms with E-state index in [1.54, 1.807) is 24.3 Å². The molecule has 184 valence electrons. The summed E-state index contributed by atoms with van der Waals surface area (Å²) in [5.74, 6) is 0.625. The van der Waals surface area contributed by atoms with Crippen molar-refractivity contribution in [1.29, 1.82) is 5.26 Å². The van der Waals surface area contributed by atoms with Crippen molar-refractivity contribution in [3.63, 3.8) is 0 Å². The number of ether oxygens (including phenoxy) is 2. The highest BCUT2D eigenvalue weighted by Crippen LogP contribution is 2.46. The first-order chi connectivity index (χ1) is 16.9. The van der Waals surface area contributed by atoms with Gasteiger partial charge in [0, 0.05) is 50.8 Å². The molecule has 0 unspecified atom stereocenters. The van der Waals surface area contributed by atoms with Gasteiger partial charge in [0.25, 0.3) is 5.79 Å². The van der Waals surface area contributed by atoms with E-state index in [-0.39, 0.29) is 36.0 Å². The Morgan fingerprint density at radius 1 is 1.00 bits per heavy atom. The van der Waals surface area contributed by atoms with Gasteiger partial charge in [0.15, 0.2) is 11.5 Å². The molecule has 2 fully saturated rings. The summed E-state index contributed by atoms with van der Waals surface area (Å²) in [6.45, 7) is 1.50. The van der Waals surface area contributed by atoms with Crippen LogP contribution in [0.2, 0.25) is 0 Å². The molecule has 1 saturated heterocycles. The summed E-state index contributed by atoms with van der Waals surface area (Å²) in [5.41, 5.74) is 0.770. The molecule has 0 atom stereocenters. The molecule has 0 bridgehead atoms. The molecular formula is C25H28N4O5S. The zero-order valence-corrected chi connectivity index (χ0v) is 20.2. The molecular weight excluding hydrogens is 468 g/mol. The van der Waals surface area contributed by atoms with Crippen LogP contribution in [0.25, 0.3) is 0 Å². The molecule has 2 heterocycles. The molecule has 0 aromatic heterocycles. The Morgan fingerprint density at radius 3 is 2.46 bits per heavy atom. The summed E-state index contributed by atoms with van der Waals surface area (Å²) >= 11 is 0. The second-order valence-corrected chi connectivity index (χ2v) is 11.1. The third-order valence-corrected chi connectivity index (χ3v) is 8.72. The first-order valence-electron chi connectivity index (χ1n) is 11.9. The highest BCUT2D eigenvalue weighted by Gasteiger charge is 2.42. The molecule has 1 N–H and O–H groups in total. The molecule has 1 aliphatic carbocycles. The highest BCUT2D eigenvalue weighted by molar-refractivity contribution is 7.89. The standard InChI is InChI=1S/C25H28N4O5S/c26-17-19-6-2-3-7-23(19)35(31,32)29-14-12-28(13-15-29)18-24(30)27-20-8-9-21-22(16-20)34-25(33-21)10-4-1-5-11-25/h2-3,6-9,16H,1,4-5,10-15,18H2,(H,27,30). The Labute approximate surface area is 205 Å². The van der Waals surface area contributed by atoms with Gasteiger partial charge in [-0.15, -0.1) is 0 Å². The third-order valence-electron chi connectivity index (χ3n) is 6.76. The van der Waals surface area contributed by atoms with Crippen LogP contribution < -0.4 is 14.8 Å². The number of anilines is 1. The van der Waals surface area contributed by atoms with Crippen molar-refractivity contribution >= 4 is 21.6 Å². The number of nitrogens with zero attached hydrogens (tertiary/aromatic N) is 3. The minimum absolute atomic E-state index is 0.0199. The minimum Gasteiger partial charge on any atom is -0.448 e. The summed E-state index contributed by atoms with van der Waals surface area (Å²) in [7, 11) is -3.77. The SMILES string of the molecule is N#Cc1ccccc1S(=O)(=O)N1CCN(CC(=O)Nc2ccc3c(c2)OC2(CCCCC2)O3)CC1. The van der Waals surface area contributed by atoms with Gasteiger partial charge in [0.2, 0.25) is 15.9 Å². The van der Waals surface area contributed by atoms with Crippen LogP contribution in [0.4, 0.5) is 5.69 Å². The maximum atomic E-state index is 13.0. The smallest absolute Gasteiger partial charge is 0.251 e. The lowest BCUT2D eigenvalue weighted by Gasteiger charge is -2.33. The van der Waals surface area contributed by atoms with Crippen LogP contribution in [0.3, 0.4) is 0 Å². The summed E-state index contributed by atoms with van der Waals surface area (Å²) in [4.78, 5) is 14.6. The Bertz CT molecular complexity index is 1260. The van der Waals surface area contributed by atoms with E-state index in [9.17, 15) is 18.5 Å². The number of carbonyl (C=O) groups is 1. The number of sulfonamides is 1. The largest absolute Gasteiger partial charge is 0.448 e. The average Bonchev–Trinajstić information content (AvgIpc) is 3.21. The van der Waals surface area contributed by atoms with Crippen LogP contribution in [0.15, 0.2) is 47.4 Å². The maximum absolute atomic E-state index is 13.0. The van der Waals surface area contributed by atoms with Crippen LogP contribution in [0.5, 0.6) is 11.5 Å². The van der Waals surface area contributed by atoms with E-state index in [2.05, 4.69) is 5.32 Å². The molecule has 35 heavy (non-hydrogen) atoms. The zero-order chi connectivity index (χ0) is 24.5. The summed E-state index contributed by atoms with van der Waals surface area (Å²) in [5, 5.41) is 12.2. The van der Waals surface area contributed by atoms with Crippen molar-refractivity contribution in [3.05, 3.63) is 48.0 Å². The lowest BCUT2D eigenvalue weighted by atomic mass is 9.94. The van der Waals surface area contributed by atoms with E-state index < -0.39 is 15.8 Å². The van der Waals surface area contributed by atoms with Crippen LogP contribution >= 0.6 is 0 Å². The van der Waals surface area contributed by atoms with Gasteiger partial charge in [0.1, 0.15) is 6.07 Å². The van der Waals surface area contributed by atoms with E-state index in [1.807, 2.05) is 17.0 Å². The number of hydrogen-bond acceptors (Lipinski definition) is 7. The molecule has 2 aliphatic heterocycles. The fourth-order valence-electron chi connectivity index (χ4n) is 4.92. The number of piperazine rings is 1. The molecule has 1 saturated carbocycles. The second-order valence-electron chi connectivity index (χ2n) is 9.17. The van der Waals surface area contributed by atoms with Crippen molar-refractivity contribution in [3.8, 4) is 17.6 Å². The zero-order valence-electron chi connectivity index (χ0n) is 19.4. The van der Waals surface area contributed by atoms with Gasteiger partial charge >= 0.3 is 0 Å². The van der Waals surface area contributed by atoms with Crippen molar-refractivity contribution < 1.29 is 22.7 Å². The minimum atomic E-state index is -3.77. The van der Waals surface area contributed by atoms with Gasteiger partial charge in [-0.05, 0) is 37.1 Å². The van der Waals surface area contributed by atoms with Crippen LogP contribution in [-0.4, -0.2) is 62.0 Å². The van der Waals surface area contributed by atoms with E-state index >= 15 is 0 Å². The summed E-state index contributed by atoms with van der Waals surface area (Å²) in [6, 6.07) is 13.6. The Morgan fingerprint density at radius 2 is 1.71 bits per heavy atom. The normalized spacial score (nSPS) is 19.9. The number of nitriles is 1. The predicted octanol–water partition coefficient (Wildman–Crippen LogP) is 2.93. The van der Waals surface area contributed by atoms with Gasteiger partial charge < -0.3 is 14.8 Å². The molecule has 2 aromatic carbocycles. The summed E-state index contributed by atoms with van der Waals surface area (Å²) in [6.07, 6.45) is 5.09. The monoisotopic (exact) mass is 496 g/mol. The van der Waals surface area contributed by atoms with Gasteiger partial charge in [-0.25, -0.2) is 8.42 Å². The average molecular weight is 497 g/mol. The number of carbonyl (C=O) groups excluding carboxylic acids is 1. The molecule has 5 rings (SSSR count). The summed E-state index contributed by atoms with van der Waals surface area (Å²) < 4.78 is 39.6. The van der Waals surface area contributed by atoms with Gasteiger partial charge in [0.05, 0.1) is 17.0 Å². The van der Waals surface area contributed by atoms with Gasteiger partial charge in [-0.1, -0.05) is 18.6 Å². The molecule has 9 nitrogen and oxygen atoms in total. The number of benzene rings is 2. The number of fused-ring (bicyclic) bond motifs is 1. The lowest BCUT2D eigenvalue weighted by molar-refractivity contribution is -0.117. The fourth-order valence-corrected chi connectivity index (χ4v) is 6.49.